The number of nitrogens with zero attached hydrogens (tertiary/aromatic N) is 3. The van der Waals surface area contributed by atoms with Crippen molar-refractivity contribution in [2.45, 2.75) is 53.1 Å². The van der Waals surface area contributed by atoms with E-state index in [-0.39, 0.29) is 5.92 Å². The maximum absolute atomic E-state index is 10.0. The lowest BCUT2D eigenvalue weighted by Gasteiger charge is -2.29. The molecular weight excluding hydrogens is 252 g/mol. The quantitative estimate of drug-likeness (QED) is 0.804. The van der Waals surface area contributed by atoms with Crippen molar-refractivity contribution >= 4 is 11.6 Å². The Balaban J connectivity index is 3.13. The molecule has 0 radical (unpaired) electrons. The average Bonchev–Trinajstić information content (AvgIpc) is 2.34. The first-order valence-corrected chi connectivity index (χ1v) is 7.37. The third-order valence-corrected chi connectivity index (χ3v) is 2.89. The summed E-state index contributed by atoms with van der Waals surface area (Å²) in [6.07, 6.45) is 0. The minimum atomic E-state index is -0.753. The number of aliphatic hydroxyl groups is 1. The number of hydrogen-bond donors (Lipinski definition) is 2. The molecule has 0 unspecified atom stereocenters. The molecule has 1 aromatic heterocycles. The van der Waals surface area contributed by atoms with Gasteiger partial charge in [0, 0.05) is 31.6 Å². The highest BCUT2D eigenvalue weighted by molar-refractivity contribution is 5.50. The number of nitrogens with one attached hydrogen (secondary N) is 1. The van der Waals surface area contributed by atoms with Crippen molar-refractivity contribution in [1.29, 1.82) is 0 Å². The average molecular weight is 280 g/mol. The fourth-order valence-electron chi connectivity index (χ4n) is 1.97. The third-order valence-electron chi connectivity index (χ3n) is 2.89. The summed E-state index contributed by atoms with van der Waals surface area (Å²) in [5.41, 5.74) is -0.753. The Kier molecular flexibility index (Phi) is 5.74. The Morgan fingerprint density at radius 2 is 1.95 bits per heavy atom. The van der Waals surface area contributed by atoms with Crippen LogP contribution in [0.2, 0.25) is 0 Å². The van der Waals surface area contributed by atoms with Gasteiger partial charge in [0.25, 0.3) is 0 Å². The van der Waals surface area contributed by atoms with Crippen molar-refractivity contribution in [3.63, 3.8) is 0 Å². The highest BCUT2D eigenvalue weighted by Gasteiger charge is 2.20. The van der Waals surface area contributed by atoms with E-state index in [9.17, 15) is 5.11 Å². The Morgan fingerprint density at radius 3 is 2.40 bits per heavy atom. The van der Waals surface area contributed by atoms with Crippen LogP contribution in [0.1, 0.15) is 53.3 Å². The molecular formula is C15H28N4O. The van der Waals surface area contributed by atoms with Gasteiger partial charge in [-0.15, -0.1) is 0 Å². The molecule has 0 aliphatic rings. The summed E-state index contributed by atoms with van der Waals surface area (Å²) in [7, 11) is 0. The van der Waals surface area contributed by atoms with Crippen molar-refractivity contribution in [1.82, 2.24) is 9.97 Å². The molecule has 1 rings (SSSR count). The second kappa shape index (κ2) is 6.88. The maximum atomic E-state index is 10.0. The molecule has 1 heterocycles. The summed E-state index contributed by atoms with van der Waals surface area (Å²) in [6, 6.07) is 1.95. The van der Waals surface area contributed by atoms with Crippen LogP contribution in [0, 0.1) is 0 Å². The predicted molar refractivity (Wildman–Crippen MR) is 84.5 cm³/mol. The zero-order valence-electron chi connectivity index (χ0n) is 13.6. The molecule has 0 aliphatic carbocycles. The van der Waals surface area contributed by atoms with Crippen LogP contribution in [0.4, 0.5) is 11.6 Å². The first kappa shape index (κ1) is 16.7. The molecule has 0 bridgehead atoms. The van der Waals surface area contributed by atoms with Crippen molar-refractivity contribution in [2.75, 3.05) is 29.9 Å². The van der Waals surface area contributed by atoms with Crippen LogP contribution in [0.5, 0.6) is 0 Å². The molecule has 1 aromatic rings. The van der Waals surface area contributed by atoms with Gasteiger partial charge in [-0.2, -0.15) is 0 Å². The number of aromatic nitrogens is 2. The van der Waals surface area contributed by atoms with Crippen LogP contribution >= 0.6 is 0 Å². The zero-order valence-corrected chi connectivity index (χ0v) is 13.6. The van der Waals surface area contributed by atoms with Crippen LogP contribution in [-0.2, 0) is 0 Å². The number of likely N-dealkylation sites (N-methyl/N-ethyl adjacent to an activating group) is 1. The molecule has 2 N–H and O–H groups in total. The Morgan fingerprint density at radius 1 is 1.30 bits per heavy atom. The van der Waals surface area contributed by atoms with Gasteiger partial charge in [-0.25, -0.2) is 9.97 Å². The zero-order chi connectivity index (χ0) is 15.3. The SMILES string of the molecule is CCNc1cc(N(CC)CC(C)(C)O)nc(C(C)C)n1. The summed E-state index contributed by atoms with van der Waals surface area (Å²) in [4.78, 5) is 11.2. The van der Waals surface area contributed by atoms with Gasteiger partial charge in [0.1, 0.15) is 17.5 Å². The van der Waals surface area contributed by atoms with Crippen LogP contribution < -0.4 is 10.2 Å². The van der Waals surface area contributed by atoms with Gasteiger partial charge >= 0.3 is 0 Å². The molecule has 0 amide bonds. The van der Waals surface area contributed by atoms with E-state index in [0.717, 1.165) is 30.5 Å². The van der Waals surface area contributed by atoms with Crippen molar-refractivity contribution in [2.24, 2.45) is 0 Å². The second-order valence-electron chi connectivity index (χ2n) is 5.98. The first-order valence-electron chi connectivity index (χ1n) is 7.37. The van der Waals surface area contributed by atoms with E-state index in [1.54, 1.807) is 0 Å². The fraction of sp³-hybridized carbons (Fsp3) is 0.733. The van der Waals surface area contributed by atoms with Gasteiger partial charge in [0.05, 0.1) is 5.60 Å². The van der Waals surface area contributed by atoms with Crippen molar-refractivity contribution in [3.8, 4) is 0 Å². The van der Waals surface area contributed by atoms with E-state index in [4.69, 9.17) is 0 Å². The van der Waals surface area contributed by atoms with Gasteiger partial charge < -0.3 is 15.3 Å². The van der Waals surface area contributed by atoms with E-state index >= 15 is 0 Å². The molecule has 5 nitrogen and oxygen atoms in total. The molecule has 0 atom stereocenters. The summed E-state index contributed by atoms with van der Waals surface area (Å²) in [6.45, 7) is 14.1. The summed E-state index contributed by atoms with van der Waals surface area (Å²) < 4.78 is 0. The summed E-state index contributed by atoms with van der Waals surface area (Å²) in [5, 5.41) is 13.3. The lowest BCUT2D eigenvalue weighted by Crippen LogP contribution is -2.39. The number of hydrogen-bond acceptors (Lipinski definition) is 5. The van der Waals surface area contributed by atoms with Crippen LogP contribution in [0.15, 0.2) is 6.07 Å². The van der Waals surface area contributed by atoms with E-state index in [2.05, 4.69) is 41.0 Å². The van der Waals surface area contributed by atoms with Crippen molar-refractivity contribution < 1.29 is 5.11 Å². The fourth-order valence-corrected chi connectivity index (χ4v) is 1.97. The van der Waals surface area contributed by atoms with Crippen LogP contribution in [0.3, 0.4) is 0 Å². The molecule has 0 aromatic carbocycles. The van der Waals surface area contributed by atoms with Gasteiger partial charge in [-0.1, -0.05) is 13.8 Å². The molecule has 20 heavy (non-hydrogen) atoms. The highest BCUT2D eigenvalue weighted by atomic mass is 16.3. The normalized spacial score (nSPS) is 11.8. The van der Waals surface area contributed by atoms with Gasteiger partial charge in [0.2, 0.25) is 0 Å². The van der Waals surface area contributed by atoms with E-state index in [0.29, 0.717) is 6.54 Å². The Bertz CT molecular complexity index is 426. The van der Waals surface area contributed by atoms with Crippen LogP contribution in [-0.4, -0.2) is 40.3 Å². The number of anilines is 2. The molecule has 114 valence electrons. The molecule has 0 aliphatic heterocycles. The van der Waals surface area contributed by atoms with E-state index in [1.807, 2.05) is 26.8 Å². The first-order chi connectivity index (χ1) is 9.26. The molecule has 0 fully saturated rings. The van der Waals surface area contributed by atoms with Crippen molar-refractivity contribution in [3.05, 3.63) is 11.9 Å². The summed E-state index contributed by atoms with van der Waals surface area (Å²) >= 11 is 0. The maximum Gasteiger partial charge on any atom is 0.135 e. The molecule has 0 saturated heterocycles. The lowest BCUT2D eigenvalue weighted by atomic mass is 10.1. The largest absolute Gasteiger partial charge is 0.389 e. The van der Waals surface area contributed by atoms with Gasteiger partial charge in [-0.3, -0.25) is 0 Å². The van der Waals surface area contributed by atoms with E-state index in [1.165, 1.54) is 0 Å². The lowest BCUT2D eigenvalue weighted by molar-refractivity contribution is 0.0874. The highest BCUT2D eigenvalue weighted by Crippen LogP contribution is 2.21. The van der Waals surface area contributed by atoms with Crippen LogP contribution in [0.25, 0.3) is 0 Å². The summed E-state index contributed by atoms with van der Waals surface area (Å²) in [5.74, 6) is 2.81. The monoisotopic (exact) mass is 280 g/mol. The smallest absolute Gasteiger partial charge is 0.135 e. The minimum Gasteiger partial charge on any atom is -0.389 e. The molecule has 0 spiro atoms. The Hall–Kier alpha value is -1.36. The molecule has 0 saturated carbocycles. The Labute approximate surface area is 122 Å². The van der Waals surface area contributed by atoms with Gasteiger partial charge in [-0.05, 0) is 27.7 Å². The topological polar surface area (TPSA) is 61.3 Å². The molecule has 5 heteroatoms. The van der Waals surface area contributed by atoms with E-state index < -0.39 is 5.60 Å². The van der Waals surface area contributed by atoms with Gasteiger partial charge in [0.15, 0.2) is 0 Å². The predicted octanol–water partition coefficient (Wildman–Crippen LogP) is 2.63. The minimum absolute atomic E-state index is 0.271. The standard InChI is InChI=1S/C15H28N4O/c1-7-16-12-9-13(18-14(17-12)11(3)4)19(8-2)10-15(5,6)20/h9,11,20H,7-8,10H2,1-6H3,(H,16,17,18). The number of rotatable bonds is 7. The third kappa shape index (κ3) is 4.96. The second-order valence-corrected chi connectivity index (χ2v) is 5.98.